The zero-order valence-electron chi connectivity index (χ0n) is 14.1. The molecule has 1 unspecified atom stereocenters. The van der Waals surface area contributed by atoms with E-state index in [-0.39, 0.29) is 11.8 Å². The van der Waals surface area contributed by atoms with Gasteiger partial charge in [0.15, 0.2) is 0 Å². The Kier molecular flexibility index (Phi) is 4.15. The Bertz CT molecular complexity index is 626. The van der Waals surface area contributed by atoms with Gasteiger partial charge in [0.05, 0.1) is 17.9 Å². The smallest absolute Gasteiger partial charge is 0.250 e. The molecule has 0 saturated carbocycles. The van der Waals surface area contributed by atoms with Crippen molar-refractivity contribution in [2.75, 3.05) is 23.3 Å². The third-order valence-corrected chi connectivity index (χ3v) is 5.04. The molecule has 1 aromatic carbocycles. The second-order valence-electron chi connectivity index (χ2n) is 7.07. The highest BCUT2D eigenvalue weighted by Crippen LogP contribution is 2.36. The maximum absolute atomic E-state index is 13.0. The number of nitrogens with zero attached hydrogens (tertiary/aromatic N) is 2. The lowest BCUT2D eigenvalue weighted by Crippen LogP contribution is -2.60. The number of carbonyl (C=O) groups is 2. The van der Waals surface area contributed by atoms with Crippen LogP contribution in [0.3, 0.4) is 0 Å². The van der Waals surface area contributed by atoms with Crippen LogP contribution in [0.5, 0.6) is 0 Å². The molecule has 0 spiro atoms. The summed E-state index contributed by atoms with van der Waals surface area (Å²) in [4.78, 5) is 29.4. The van der Waals surface area contributed by atoms with Gasteiger partial charge >= 0.3 is 0 Å². The van der Waals surface area contributed by atoms with Gasteiger partial charge < -0.3 is 5.32 Å². The van der Waals surface area contributed by atoms with Gasteiger partial charge in [-0.05, 0) is 52.3 Å². The van der Waals surface area contributed by atoms with E-state index in [0.717, 1.165) is 25.1 Å². The molecule has 0 aromatic heterocycles. The molecule has 0 aliphatic carbocycles. The normalized spacial score (nSPS) is 24.0. The minimum Gasteiger partial charge on any atom is -0.322 e. The quantitative estimate of drug-likeness (QED) is 0.913. The molecule has 1 fully saturated rings. The van der Waals surface area contributed by atoms with Crippen molar-refractivity contribution in [1.82, 2.24) is 4.90 Å². The molecule has 2 aliphatic heterocycles. The van der Waals surface area contributed by atoms with E-state index in [1.807, 2.05) is 24.3 Å². The number of nitrogens with one attached hydrogen (secondary N) is 1. The predicted molar refractivity (Wildman–Crippen MR) is 91.5 cm³/mol. The van der Waals surface area contributed by atoms with Crippen LogP contribution in [0, 0.1) is 0 Å². The third-order valence-electron chi connectivity index (χ3n) is 5.04. The Morgan fingerprint density at radius 1 is 1.30 bits per heavy atom. The number of rotatable bonds is 2. The predicted octanol–water partition coefficient (Wildman–Crippen LogP) is 2.62. The molecule has 1 atom stereocenters. The zero-order chi connectivity index (χ0) is 16.6. The van der Waals surface area contributed by atoms with Crippen LogP contribution < -0.4 is 10.2 Å². The second-order valence-corrected chi connectivity index (χ2v) is 7.07. The van der Waals surface area contributed by atoms with Crippen LogP contribution in [-0.4, -0.2) is 41.4 Å². The highest BCUT2D eigenvalue weighted by atomic mass is 16.2. The van der Waals surface area contributed by atoms with Crippen LogP contribution in [0.15, 0.2) is 24.3 Å². The molecule has 5 heteroatoms. The number of hydrogen-bond acceptors (Lipinski definition) is 3. The molecule has 1 saturated heterocycles. The largest absolute Gasteiger partial charge is 0.322 e. The summed E-state index contributed by atoms with van der Waals surface area (Å²) in [5, 5.41) is 2.90. The highest BCUT2D eigenvalue weighted by molar-refractivity contribution is 6.14. The monoisotopic (exact) mass is 315 g/mol. The van der Waals surface area contributed by atoms with E-state index in [0.29, 0.717) is 18.3 Å². The molecular weight excluding hydrogens is 290 g/mol. The summed E-state index contributed by atoms with van der Waals surface area (Å²) in [5.74, 6) is -0.151. The summed E-state index contributed by atoms with van der Waals surface area (Å²) in [6.07, 6.45) is 3.50. The van der Waals surface area contributed by atoms with Crippen LogP contribution in [0.25, 0.3) is 0 Å². The summed E-state index contributed by atoms with van der Waals surface area (Å²) in [6.45, 7) is 7.10. The van der Waals surface area contributed by atoms with Gasteiger partial charge in [-0.2, -0.15) is 0 Å². The van der Waals surface area contributed by atoms with E-state index >= 15 is 0 Å². The summed E-state index contributed by atoms with van der Waals surface area (Å²) in [6, 6.07) is 7.92. The first kappa shape index (κ1) is 16.0. The van der Waals surface area contributed by atoms with Gasteiger partial charge in [-0.3, -0.25) is 19.4 Å². The third kappa shape index (κ3) is 2.85. The molecule has 2 heterocycles. The fraction of sp³-hybridized carbons (Fsp3) is 0.556. The first-order chi connectivity index (χ1) is 10.9. The van der Waals surface area contributed by atoms with Crippen LogP contribution in [-0.2, 0) is 9.59 Å². The van der Waals surface area contributed by atoms with Gasteiger partial charge in [0.2, 0.25) is 11.8 Å². The van der Waals surface area contributed by atoms with Gasteiger partial charge in [0, 0.05) is 6.04 Å². The molecule has 5 nitrogen and oxygen atoms in total. The SMILES string of the molecule is CC1CCCCN1CC(=O)N1c2ccccc2NC(=O)C1(C)C. The lowest BCUT2D eigenvalue weighted by atomic mass is 9.95. The van der Waals surface area contributed by atoms with E-state index in [2.05, 4.69) is 17.1 Å². The second kappa shape index (κ2) is 5.96. The van der Waals surface area contributed by atoms with Crippen LogP contribution in [0.2, 0.25) is 0 Å². The van der Waals surface area contributed by atoms with Crippen LogP contribution in [0.4, 0.5) is 11.4 Å². The van der Waals surface area contributed by atoms with E-state index < -0.39 is 5.54 Å². The minimum absolute atomic E-state index is 0.00829. The molecular formula is C18H25N3O2. The Morgan fingerprint density at radius 3 is 2.78 bits per heavy atom. The number of piperidine rings is 1. The van der Waals surface area contributed by atoms with Gasteiger partial charge in [-0.1, -0.05) is 18.6 Å². The molecule has 1 N–H and O–H groups in total. The minimum atomic E-state index is -0.884. The van der Waals surface area contributed by atoms with E-state index in [1.165, 1.54) is 6.42 Å². The summed E-state index contributed by atoms with van der Waals surface area (Å²) >= 11 is 0. The number of likely N-dealkylation sites (tertiary alicyclic amines) is 1. The standard InChI is InChI=1S/C18H25N3O2/c1-13-8-6-7-11-20(13)12-16(22)21-15-10-5-4-9-14(15)19-17(23)18(21,2)3/h4-5,9-10,13H,6-8,11-12H2,1-3H3,(H,19,23). The lowest BCUT2D eigenvalue weighted by molar-refractivity contribution is -0.127. The summed E-state index contributed by atoms with van der Waals surface area (Å²) < 4.78 is 0. The molecule has 3 rings (SSSR count). The fourth-order valence-corrected chi connectivity index (χ4v) is 3.54. The maximum Gasteiger partial charge on any atom is 0.250 e. The Balaban J connectivity index is 1.89. The van der Waals surface area contributed by atoms with Gasteiger partial charge in [0.1, 0.15) is 5.54 Å². The number of benzene rings is 1. The lowest BCUT2D eigenvalue weighted by Gasteiger charge is -2.43. The first-order valence-corrected chi connectivity index (χ1v) is 8.39. The van der Waals surface area contributed by atoms with Crippen molar-refractivity contribution in [2.24, 2.45) is 0 Å². The number of anilines is 2. The molecule has 0 bridgehead atoms. The fourth-order valence-electron chi connectivity index (χ4n) is 3.54. The summed E-state index contributed by atoms with van der Waals surface area (Å²) in [5.41, 5.74) is 0.605. The van der Waals surface area contributed by atoms with Gasteiger partial charge in [-0.25, -0.2) is 0 Å². The average molecular weight is 315 g/mol. The first-order valence-electron chi connectivity index (χ1n) is 8.39. The Morgan fingerprint density at radius 2 is 2.04 bits per heavy atom. The number of fused-ring (bicyclic) bond motifs is 1. The topological polar surface area (TPSA) is 52.7 Å². The van der Waals surface area contributed by atoms with Crippen molar-refractivity contribution in [3.05, 3.63) is 24.3 Å². The molecule has 124 valence electrons. The van der Waals surface area contributed by atoms with E-state index in [1.54, 1.807) is 18.7 Å². The van der Waals surface area contributed by atoms with Crippen molar-refractivity contribution in [3.8, 4) is 0 Å². The van der Waals surface area contributed by atoms with E-state index in [9.17, 15) is 9.59 Å². The van der Waals surface area contributed by atoms with Crippen molar-refractivity contribution < 1.29 is 9.59 Å². The van der Waals surface area contributed by atoms with Gasteiger partial charge in [0.25, 0.3) is 0 Å². The molecule has 1 aromatic rings. The molecule has 23 heavy (non-hydrogen) atoms. The molecule has 2 aliphatic rings. The average Bonchev–Trinajstić information content (AvgIpc) is 2.50. The van der Waals surface area contributed by atoms with Crippen molar-refractivity contribution >= 4 is 23.2 Å². The van der Waals surface area contributed by atoms with Crippen molar-refractivity contribution in [2.45, 2.75) is 51.6 Å². The highest BCUT2D eigenvalue weighted by Gasteiger charge is 2.43. The van der Waals surface area contributed by atoms with Crippen LogP contribution >= 0.6 is 0 Å². The summed E-state index contributed by atoms with van der Waals surface area (Å²) in [7, 11) is 0. The van der Waals surface area contributed by atoms with E-state index in [4.69, 9.17) is 0 Å². The molecule has 2 amide bonds. The number of hydrogen-bond donors (Lipinski definition) is 1. The van der Waals surface area contributed by atoms with Crippen molar-refractivity contribution in [3.63, 3.8) is 0 Å². The maximum atomic E-state index is 13.0. The number of carbonyl (C=O) groups excluding carboxylic acids is 2. The zero-order valence-corrected chi connectivity index (χ0v) is 14.1. The van der Waals surface area contributed by atoms with Crippen LogP contribution in [0.1, 0.15) is 40.0 Å². The number of amides is 2. The Hall–Kier alpha value is -1.88. The Labute approximate surface area is 137 Å². The van der Waals surface area contributed by atoms with Gasteiger partial charge in [-0.15, -0.1) is 0 Å². The number of para-hydroxylation sites is 2. The van der Waals surface area contributed by atoms with Crippen molar-refractivity contribution in [1.29, 1.82) is 0 Å². The molecule has 0 radical (unpaired) electrons.